The summed E-state index contributed by atoms with van der Waals surface area (Å²) in [5, 5.41) is 11.0. The van der Waals surface area contributed by atoms with Crippen LogP contribution in [0.5, 0.6) is 0 Å². The van der Waals surface area contributed by atoms with Gasteiger partial charge in [0.1, 0.15) is 0 Å². The summed E-state index contributed by atoms with van der Waals surface area (Å²) >= 11 is 0. The maximum atomic E-state index is 4.73. The third-order valence-corrected chi connectivity index (χ3v) is 3.93. The monoisotopic (exact) mass is 327 g/mol. The van der Waals surface area contributed by atoms with Crippen molar-refractivity contribution < 1.29 is 0 Å². The van der Waals surface area contributed by atoms with E-state index in [1.54, 1.807) is 0 Å². The quantitative estimate of drug-likeness (QED) is 0.579. The number of hydrogen-bond acceptors (Lipinski definition) is 2. The number of aromatic nitrogens is 2. The lowest BCUT2D eigenvalue weighted by Crippen LogP contribution is -2.40. The molecule has 1 atom stereocenters. The van der Waals surface area contributed by atoms with Gasteiger partial charge >= 0.3 is 0 Å². The van der Waals surface area contributed by atoms with Crippen LogP contribution in [-0.2, 0) is 19.5 Å². The van der Waals surface area contributed by atoms with Gasteiger partial charge in [0, 0.05) is 32.0 Å². The SMILES string of the molecule is CCNC(=NCc1ccccc1CC)NCC(C)Cn1cccn1. The molecule has 1 heterocycles. The van der Waals surface area contributed by atoms with Gasteiger partial charge in [-0.05, 0) is 36.5 Å². The van der Waals surface area contributed by atoms with Crippen LogP contribution in [-0.4, -0.2) is 28.8 Å². The molecular weight excluding hydrogens is 298 g/mol. The van der Waals surface area contributed by atoms with Gasteiger partial charge in [-0.15, -0.1) is 0 Å². The van der Waals surface area contributed by atoms with Gasteiger partial charge in [0.25, 0.3) is 0 Å². The summed E-state index contributed by atoms with van der Waals surface area (Å²) in [6.07, 6.45) is 4.85. The van der Waals surface area contributed by atoms with Crippen molar-refractivity contribution in [3.63, 3.8) is 0 Å². The molecule has 1 aromatic heterocycles. The average molecular weight is 327 g/mol. The molecule has 0 radical (unpaired) electrons. The molecule has 0 spiro atoms. The van der Waals surface area contributed by atoms with Crippen LogP contribution in [0.25, 0.3) is 0 Å². The first kappa shape index (κ1) is 18.0. The maximum Gasteiger partial charge on any atom is 0.191 e. The summed E-state index contributed by atoms with van der Waals surface area (Å²) in [5.74, 6) is 1.34. The second-order valence-electron chi connectivity index (χ2n) is 6.03. The van der Waals surface area contributed by atoms with Crippen LogP contribution in [0.2, 0.25) is 0 Å². The van der Waals surface area contributed by atoms with Gasteiger partial charge < -0.3 is 10.6 Å². The number of aliphatic imine (C=N–C) groups is 1. The van der Waals surface area contributed by atoms with Crippen LogP contribution >= 0.6 is 0 Å². The van der Waals surface area contributed by atoms with E-state index in [2.05, 4.69) is 60.8 Å². The van der Waals surface area contributed by atoms with E-state index in [0.717, 1.165) is 32.0 Å². The molecule has 1 aromatic carbocycles. The molecule has 1 unspecified atom stereocenters. The molecule has 5 heteroatoms. The van der Waals surface area contributed by atoms with Crippen LogP contribution in [0, 0.1) is 5.92 Å². The Morgan fingerprint density at radius 3 is 2.62 bits per heavy atom. The summed E-state index contributed by atoms with van der Waals surface area (Å²) in [5.41, 5.74) is 2.66. The number of rotatable bonds is 8. The van der Waals surface area contributed by atoms with Crippen molar-refractivity contribution >= 4 is 5.96 Å². The average Bonchev–Trinajstić information content (AvgIpc) is 3.10. The van der Waals surface area contributed by atoms with Crippen LogP contribution in [0.1, 0.15) is 31.9 Å². The van der Waals surface area contributed by atoms with E-state index in [4.69, 9.17) is 4.99 Å². The summed E-state index contributed by atoms with van der Waals surface area (Å²) in [6.45, 7) is 9.80. The molecule has 0 saturated heterocycles. The lowest BCUT2D eigenvalue weighted by molar-refractivity contribution is 0.443. The molecule has 0 bridgehead atoms. The van der Waals surface area contributed by atoms with E-state index in [0.29, 0.717) is 12.5 Å². The molecule has 2 N–H and O–H groups in total. The van der Waals surface area contributed by atoms with Crippen LogP contribution in [0.15, 0.2) is 47.7 Å². The number of hydrogen-bond donors (Lipinski definition) is 2. The molecule has 24 heavy (non-hydrogen) atoms. The first-order chi connectivity index (χ1) is 11.7. The fourth-order valence-electron chi connectivity index (χ4n) is 2.63. The molecule has 0 amide bonds. The van der Waals surface area contributed by atoms with Crippen LogP contribution < -0.4 is 10.6 Å². The largest absolute Gasteiger partial charge is 0.357 e. The Labute approximate surface area is 145 Å². The normalized spacial score (nSPS) is 12.9. The zero-order valence-electron chi connectivity index (χ0n) is 15.0. The van der Waals surface area contributed by atoms with Gasteiger partial charge in [0.2, 0.25) is 0 Å². The van der Waals surface area contributed by atoms with E-state index in [1.165, 1.54) is 11.1 Å². The van der Waals surface area contributed by atoms with Gasteiger partial charge in [0.05, 0.1) is 6.54 Å². The van der Waals surface area contributed by atoms with Crippen molar-refractivity contribution in [1.82, 2.24) is 20.4 Å². The predicted octanol–water partition coefficient (Wildman–Crippen LogP) is 2.84. The molecule has 5 nitrogen and oxygen atoms in total. The maximum absolute atomic E-state index is 4.73. The Balaban J connectivity index is 1.90. The highest BCUT2D eigenvalue weighted by molar-refractivity contribution is 5.79. The summed E-state index contributed by atoms with van der Waals surface area (Å²) in [6, 6.07) is 10.5. The Morgan fingerprint density at radius 2 is 1.96 bits per heavy atom. The number of nitrogens with zero attached hydrogens (tertiary/aromatic N) is 3. The highest BCUT2D eigenvalue weighted by atomic mass is 15.3. The first-order valence-electron chi connectivity index (χ1n) is 8.79. The lowest BCUT2D eigenvalue weighted by Gasteiger charge is -2.16. The van der Waals surface area contributed by atoms with Gasteiger partial charge in [-0.25, -0.2) is 4.99 Å². The second-order valence-corrected chi connectivity index (χ2v) is 6.03. The lowest BCUT2D eigenvalue weighted by atomic mass is 10.1. The summed E-state index contributed by atoms with van der Waals surface area (Å²) in [4.78, 5) is 4.73. The Bertz CT molecular complexity index is 618. The van der Waals surface area contributed by atoms with Gasteiger partial charge in [-0.2, -0.15) is 5.10 Å². The zero-order chi connectivity index (χ0) is 17.2. The zero-order valence-corrected chi connectivity index (χ0v) is 15.0. The standard InChI is InChI=1S/C19H29N5/c1-4-17-9-6-7-10-18(17)14-22-19(20-5-2)21-13-16(3)15-24-12-8-11-23-24/h6-12,16H,4-5,13-15H2,1-3H3,(H2,20,21,22). The van der Waals surface area contributed by atoms with Crippen molar-refractivity contribution in [2.24, 2.45) is 10.9 Å². The number of aryl methyl sites for hydroxylation is 1. The van der Waals surface area contributed by atoms with Crippen molar-refractivity contribution in [3.05, 3.63) is 53.9 Å². The van der Waals surface area contributed by atoms with Crippen LogP contribution in [0.3, 0.4) is 0 Å². The van der Waals surface area contributed by atoms with Gasteiger partial charge in [-0.3, -0.25) is 4.68 Å². The minimum absolute atomic E-state index is 0.469. The molecule has 2 aromatic rings. The van der Waals surface area contributed by atoms with Crippen molar-refractivity contribution in [3.8, 4) is 0 Å². The highest BCUT2D eigenvalue weighted by Crippen LogP contribution is 2.10. The van der Waals surface area contributed by atoms with Gasteiger partial charge in [-0.1, -0.05) is 38.1 Å². The number of nitrogens with one attached hydrogen (secondary N) is 2. The third-order valence-electron chi connectivity index (χ3n) is 3.93. The minimum atomic E-state index is 0.469. The Kier molecular flexibility index (Phi) is 7.33. The Hall–Kier alpha value is -2.30. The molecule has 0 aliphatic carbocycles. The van der Waals surface area contributed by atoms with Crippen molar-refractivity contribution in [2.45, 2.75) is 40.3 Å². The first-order valence-corrected chi connectivity index (χ1v) is 8.79. The van der Waals surface area contributed by atoms with Crippen molar-refractivity contribution in [1.29, 1.82) is 0 Å². The molecule has 130 valence electrons. The minimum Gasteiger partial charge on any atom is -0.357 e. The van der Waals surface area contributed by atoms with E-state index < -0.39 is 0 Å². The van der Waals surface area contributed by atoms with E-state index in [9.17, 15) is 0 Å². The van der Waals surface area contributed by atoms with E-state index in [-0.39, 0.29) is 0 Å². The second kappa shape index (κ2) is 9.75. The number of guanidine groups is 1. The summed E-state index contributed by atoms with van der Waals surface area (Å²) < 4.78 is 1.97. The molecule has 0 saturated carbocycles. The smallest absolute Gasteiger partial charge is 0.191 e. The molecule has 0 fully saturated rings. The van der Waals surface area contributed by atoms with Crippen LogP contribution in [0.4, 0.5) is 0 Å². The van der Waals surface area contributed by atoms with E-state index >= 15 is 0 Å². The van der Waals surface area contributed by atoms with Crippen molar-refractivity contribution in [2.75, 3.05) is 13.1 Å². The third kappa shape index (κ3) is 5.72. The Morgan fingerprint density at radius 1 is 1.17 bits per heavy atom. The fraction of sp³-hybridized carbons (Fsp3) is 0.474. The molecule has 0 aliphatic heterocycles. The molecule has 0 aliphatic rings. The number of benzene rings is 1. The fourth-order valence-corrected chi connectivity index (χ4v) is 2.63. The summed E-state index contributed by atoms with van der Waals surface area (Å²) in [7, 11) is 0. The predicted molar refractivity (Wildman–Crippen MR) is 100 cm³/mol. The molecule has 2 rings (SSSR count). The molecular formula is C19H29N5. The highest BCUT2D eigenvalue weighted by Gasteiger charge is 2.06. The topological polar surface area (TPSA) is 54.2 Å². The van der Waals surface area contributed by atoms with E-state index in [1.807, 2.05) is 23.1 Å². The van der Waals surface area contributed by atoms with Gasteiger partial charge in [0.15, 0.2) is 5.96 Å².